The maximum absolute atomic E-state index is 11.4. The summed E-state index contributed by atoms with van der Waals surface area (Å²) >= 11 is 0. The third kappa shape index (κ3) is 3.42. The van der Waals surface area contributed by atoms with Crippen molar-refractivity contribution in [2.24, 2.45) is 0 Å². The number of anilines is 1. The number of amides is 1. The fourth-order valence-corrected chi connectivity index (χ4v) is 1.19. The first-order chi connectivity index (χ1) is 7.65. The summed E-state index contributed by atoms with van der Waals surface area (Å²) in [7, 11) is 0. The second-order valence-corrected chi connectivity index (χ2v) is 3.48. The number of nitrogens with one attached hydrogen (secondary N) is 1. The number of carbonyl (C=O) groups is 1. The van der Waals surface area contributed by atoms with Crippen LogP contribution in [0.4, 0.5) is 10.6 Å². The van der Waals surface area contributed by atoms with Crippen LogP contribution in [0, 0.1) is 12.1 Å². The van der Waals surface area contributed by atoms with Crippen LogP contribution in [-0.2, 0) is 4.74 Å². The van der Waals surface area contributed by atoms with Crippen molar-refractivity contribution in [1.82, 2.24) is 0 Å². The van der Waals surface area contributed by atoms with Crippen LogP contribution in [-0.4, -0.2) is 12.7 Å². The van der Waals surface area contributed by atoms with Crippen molar-refractivity contribution in [1.29, 1.82) is 0 Å². The fraction of sp³-hybridized carbons (Fsp3) is 0.455. The molecule has 0 aliphatic heterocycles. The van der Waals surface area contributed by atoms with Gasteiger partial charge in [-0.3, -0.25) is 0 Å². The van der Waals surface area contributed by atoms with E-state index in [1.165, 1.54) is 6.20 Å². The summed E-state index contributed by atoms with van der Waals surface area (Å²) in [6.45, 7) is 4.12. The summed E-state index contributed by atoms with van der Waals surface area (Å²) in [5, 5.41) is 13.8. The van der Waals surface area contributed by atoms with E-state index in [0.717, 1.165) is 12.8 Å². The van der Waals surface area contributed by atoms with E-state index >= 15 is 0 Å². The Bertz CT molecular complexity index is 346. The molecule has 1 aromatic rings. The zero-order chi connectivity index (χ0) is 12.0. The molecule has 0 aromatic carbocycles. The SMILES string of the molecule is CCCCOC(=O)Nc1c(C)ccc[n+]1[O-]. The normalized spacial score (nSPS) is 9.88. The molecule has 1 rings (SSSR count). The lowest BCUT2D eigenvalue weighted by Crippen LogP contribution is -2.33. The van der Waals surface area contributed by atoms with Crippen LogP contribution < -0.4 is 10.0 Å². The van der Waals surface area contributed by atoms with Crippen LogP contribution in [0.5, 0.6) is 0 Å². The Hall–Kier alpha value is -1.78. The van der Waals surface area contributed by atoms with E-state index in [4.69, 9.17) is 4.74 Å². The Balaban J connectivity index is 2.56. The first-order valence-corrected chi connectivity index (χ1v) is 5.27. The van der Waals surface area contributed by atoms with Crippen LogP contribution in [0.2, 0.25) is 0 Å². The van der Waals surface area contributed by atoms with Crippen LogP contribution in [0.15, 0.2) is 18.3 Å². The van der Waals surface area contributed by atoms with Gasteiger partial charge in [0.1, 0.15) is 0 Å². The van der Waals surface area contributed by atoms with Gasteiger partial charge in [0.05, 0.1) is 12.8 Å². The van der Waals surface area contributed by atoms with E-state index in [-0.39, 0.29) is 5.82 Å². The maximum atomic E-state index is 11.4. The molecule has 1 heterocycles. The number of rotatable bonds is 4. The summed E-state index contributed by atoms with van der Waals surface area (Å²) in [5.74, 6) is 0.212. The zero-order valence-corrected chi connectivity index (χ0v) is 9.53. The highest BCUT2D eigenvalue weighted by atomic mass is 16.5. The van der Waals surface area contributed by atoms with Gasteiger partial charge in [0.25, 0.3) is 5.82 Å². The molecule has 0 saturated heterocycles. The average Bonchev–Trinajstić information content (AvgIpc) is 2.24. The standard InChI is InChI=1S/C11H16N2O3/c1-3-4-8-16-11(14)12-10-9(2)6-5-7-13(10)15/h5-7H,3-4,8H2,1-2H3,(H,12,14). The van der Waals surface area contributed by atoms with Crippen LogP contribution in [0.1, 0.15) is 25.3 Å². The van der Waals surface area contributed by atoms with Gasteiger partial charge in [-0.2, -0.15) is 10.1 Å². The largest absolute Gasteiger partial charge is 0.711 e. The monoisotopic (exact) mass is 224 g/mol. The molecule has 1 amide bonds. The molecule has 88 valence electrons. The van der Waals surface area contributed by atoms with Gasteiger partial charge in [0, 0.05) is 5.56 Å². The van der Waals surface area contributed by atoms with Crippen molar-refractivity contribution < 1.29 is 14.3 Å². The van der Waals surface area contributed by atoms with Crippen LogP contribution in [0.25, 0.3) is 0 Å². The second-order valence-electron chi connectivity index (χ2n) is 3.48. The topological polar surface area (TPSA) is 65.3 Å². The predicted molar refractivity (Wildman–Crippen MR) is 60.0 cm³/mol. The van der Waals surface area contributed by atoms with Gasteiger partial charge in [-0.15, -0.1) is 0 Å². The number of hydrogen-bond donors (Lipinski definition) is 1. The lowest BCUT2D eigenvalue weighted by atomic mass is 10.3. The maximum Gasteiger partial charge on any atom is 0.504 e. The van der Waals surface area contributed by atoms with Crippen molar-refractivity contribution in [2.75, 3.05) is 11.9 Å². The Morgan fingerprint density at radius 3 is 3.00 bits per heavy atom. The first-order valence-electron chi connectivity index (χ1n) is 5.27. The molecule has 0 unspecified atom stereocenters. The molecule has 0 aliphatic carbocycles. The molecule has 0 radical (unpaired) electrons. The zero-order valence-electron chi connectivity index (χ0n) is 9.53. The molecule has 0 atom stereocenters. The first kappa shape index (κ1) is 12.3. The third-order valence-corrected chi connectivity index (χ3v) is 2.11. The molecule has 5 nitrogen and oxygen atoms in total. The summed E-state index contributed by atoms with van der Waals surface area (Å²) in [4.78, 5) is 11.3. The van der Waals surface area contributed by atoms with Gasteiger partial charge in [-0.05, 0) is 25.5 Å². The van der Waals surface area contributed by atoms with Gasteiger partial charge >= 0.3 is 6.09 Å². The number of ether oxygens (including phenoxy) is 1. The van der Waals surface area contributed by atoms with E-state index in [2.05, 4.69) is 5.32 Å². The highest BCUT2D eigenvalue weighted by molar-refractivity contribution is 5.83. The molecular weight excluding hydrogens is 208 g/mol. The van der Waals surface area contributed by atoms with E-state index in [9.17, 15) is 10.0 Å². The predicted octanol–water partition coefficient (Wildman–Crippen LogP) is 1.98. The van der Waals surface area contributed by atoms with E-state index in [0.29, 0.717) is 16.9 Å². The molecule has 5 heteroatoms. The minimum absolute atomic E-state index is 0.212. The summed E-state index contributed by atoms with van der Waals surface area (Å²) < 4.78 is 5.50. The molecule has 16 heavy (non-hydrogen) atoms. The van der Waals surface area contributed by atoms with Gasteiger partial charge in [0.15, 0.2) is 0 Å². The third-order valence-electron chi connectivity index (χ3n) is 2.11. The van der Waals surface area contributed by atoms with Crippen molar-refractivity contribution in [2.45, 2.75) is 26.7 Å². The molecule has 0 fully saturated rings. The minimum atomic E-state index is -0.590. The van der Waals surface area contributed by atoms with Crippen LogP contribution >= 0.6 is 0 Å². The molecule has 0 aliphatic rings. The number of hydrogen-bond acceptors (Lipinski definition) is 3. The Labute approximate surface area is 94.6 Å². The summed E-state index contributed by atoms with van der Waals surface area (Å²) in [6.07, 6.45) is 2.51. The summed E-state index contributed by atoms with van der Waals surface area (Å²) in [5.41, 5.74) is 0.699. The smallest absolute Gasteiger partial charge is 0.504 e. The lowest BCUT2D eigenvalue weighted by molar-refractivity contribution is -0.590. The van der Waals surface area contributed by atoms with E-state index in [1.807, 2.05) is 6.92 Å². The van der Waals surface area contributed by atoms with Gasteiger partial charge in [0.2, 0.25) is 0 Å². The number of nitrogens with zero attached hydrogens (tertiary/aromatic N) is 1. The molecule has 0 saturated carbocycles. The number of pyridine rings is 1. The highest BCUT2D eigenvalue weighted by Gasteiger charge is 2.14. The fourth-order valence-electron chi connectivity index (χ4n) is 1.19. The molecular formula is C11H16N2O3. The minimum Gasteiger partial charge on any atom is -0.711 e. The van der Waals surface area contributed by atoms with Crippen molar-refractivity contribution in [3.05, 3.63) is 29.1 Å². The molecule has 0 bridgehead atoms. The number of aryl methyl sites for hydroxylation is 1. The highest BCUT2D eigenvalue weighted by Crippen LogP contribution is 2.07. The number of aromatic nitrogens is 1. The van der Waals surface area contributed by atoms with Crippen molar-refractivity contribution in [3.63, 3.8) is 0 Å². The summed E-state index contributed by atoms with van der Waals surface area (Å²) in [6, 6.07) is 3.37. The van der Waals surface area contributed by atoms with Crippen molar-refractivity contribution >= 4 is 11.9 Å². The van der Waals surface area contributed by atoms with Crippen molar-refractivity contribution in [3.8, 4) is 0 Å². The van der Waals surface area contributed by atoms with E-state index in [1.54, 1.807) is 19.1 Å². The Morgan fingerprint density at radius 2 is 2.38 bits per heavy atom. The molecule has 0 spiro atoms. The molecule has 1 N–H and O–H groups in total. The van der Waals surface area contributed by atoms with Gasteiger partial charge in [-0.1, -0.05) is 13.3 Å². The van der Waals surface area contributed by atoms with E-state index < -0.39 is 6.09 Å². The Morgan fingerprint density at radius 1 is 1.62 bits per heavy atom. The van der Waals surface area contributed by atoms with Crippen LogP contribution in [0.3, 0.4) is 0 Å². The number of unbranched alkanes of at least 4 members (excludes halogenated alkanes) is 1. The second kappa shape index (κ2) is 5.95. The average molecular weight is 224 g/mol. The van der Waals surface area contributed by atoms with Gasteiger partial charge < -0.3 is 9.94 Å². The Kier molecular flexibility index (Phi) is 4.57. The van der Waals surface area contributed by atoms with Gasteiger partial charge in [-0.25, -0.2) is 4.73 Å². The quantitative estimate of drug-likeness (QED) is 0.483. The number of carbonyl (C=O) groups excluding carboxylic acids is 1. The lowest BCUT2D eigenvalue weighted by Gasteiger charge is -2.09. The molecule has 1 aromatic heterocycles.